The van der Waals surface area contributed by atoms with E-state index in [0.717, 1.165) is 8.58 Å². The van der Waals surface area contributed by atoms with Gasteiger partial charge in [0.1, 0.15) is 0 Å². The number of hydrogen-bond acceptors (Lipinski definition) is 1. The van der Waals surface area contributed by atoms with Crippen molar-refractivity contribution in [3.63, 3.8) is 0 Å². The number of hydrogen-bond donors (Lipinski definition) is 0. The quantitative estimate of drug-likeness (QED) is 0.586. The second-order valence-electron chi connectivity index (χ2n) is 2.69. The summed E-state index contributed by atoms with van der Waals surface area (Å²) < 4.78 is 1.56. The summed E-state index contributed by atoms with van der Waals surface area (Å²) in [4.78, 5) is 1.50. The predicted octanol–water partition coefficient (Wildman–Crippen LogP) is 2.64. The Labute approximate surface area is 73.1 Å². The first-order valence-corrected chi connectivity index (χ1v) is 6.19. The Kier molecular flexibility index (Phi) is 2.11. The third-order valence-electron chi connectivity index (χ3n) is 1.94. The van der Waals surface area contributed by atoms with E-state index in [-0.39, 0.29) is 0 Å². The van der Waals surface area contributed by atoms with Crippen molar-refractivity contribution in [1.29, 1.82) is 0 Å². The minimum Gasteiger partial charge on any atom is -0.136 e. The van der Waals surface area contributed by atoms with Crippen molar-refractivity contribution in [2.24, 2.45) is 0 Å². The highest BCUT2D eigenvalue weighted by Crippen LogP contribution is 2.26. The van der Waals surface area contributed by atoms with Gasteiger partial charge in [-0.3, -0.25) is 0 Å². The number of aryl methyl sites for hydroxylation is 1. The van der Waals surface area contributed by atoms with Crippen molar-refractivity contribution in [2.45, 2.75) is 12.8 Å². The molecule has 1 heterocycles. The molecule has 1 atom stereocenters. The van der Waals surface area contributed by atoms with E-state index < -0.39 is 0 Å². The Balaban J connectivity index is 2.42. The van der Waals surface area contributed by atoms with Crippen LogP contribution < -0.4 is 4.62 Å². The van der Waals surface area contributed by atoms with E-state index in [0.29, 0.717) is 0 Å². The monoisotopic (exact) mass is 182 g/mol. The third-order valence-corrected chi connectivity index (χ3v) is 4.45. The Bertz CT molecular complexity index is 286. The van der Waals surface area contributed by atoms with Crippen molar-refractivity contribution in [3.05, 3.63) is 22.6 Å². The molecule has 0 saturated heterocycles. The zero-order valence-corrected chi connectivity index (χ0v) is 8.37. The van der Waals surface area contributed by atoms with Gasteiger partial charge in [-0.15, -0.1) is 11.3 Å². The van der Waals surface area contributed by atoms with E-state index in [2.05, 4.69) is 24.9 Å². The van der Waals surface area contributed by atoms with E-state index >= 15 is 0 Å². The molecule has 1 aromatic rings. The van der Waals surface area contributed by atoms with Gasteiger partial charge in [0.05, 0.1) is 0 Å². The van der Waals surface area contributed by atoms with Gasteiger partial charge in [-0.1, -0.05) is 14.7 Å². The van der Waals surface area contributed by atoms with Crippen molar-refractivity contribution in [2.75, 3.05) is 6.66 Å². The highest BCUT2D eigenvalue weighted by molar-refractivity contribution is 7.56. The summed E-state index contributed by atoms with van der Waals surface area (Å²) in [5, 5.41) is 0. The Morgan fingerprint density at radius 1 is 1.55 bits per heavy atom. The lowest BCUT2D eigenvalue weighted by Gasteiger charge is -2.01. The van der Waals surface area contributed by atoms with Gasteiger partial charge in [0.2, 0.25) is 0 Å². The fourth-order valence-corrected chi connectivity index (χ4v) is 3.28. The number of rotatable bonds is 1. The number of allylic oxidation sites excluding steroid dienone is 1. The van der Waals surface area contributed by atoms with E-state index in [1.54, 1.807) is 10.2 Å². The minimum absolute atomic E-state index is 0.966. The molecule has 0 spiro atoms. The van der Waals surface area contributed by atoms with Crippen LogP contribution >= 0.6 is 19.9 Å². The molecular formula is C9H11PS. The summed E-state index contributed by atoms with van der Waals surface area (Å²) >= 11 is 1.96. The topological polar surface area (TPSA) is 0 Å². The zero-order chi connectivity index (χ0) is 7.68. The minimum atomic E-state index is 0.966. The average molecular weight is 182 g/mol. The Morgan fingerprint density at radius 2 is 2.45 bits per heavy atom. The van der Waals surface area contributed by atoms with Crippen molar-refractivity contribution < 1.29 is 0 Å². The van der Waals surface area contributed by atoms with Gasteiger partial charge in [0.25, 0.3) is 0 Å². The van der Waals surface area contributed by atoms with E-state index in [1.165, 1.54) is 17.7 Å². The molecule has 11 heavy (non-hydrogen) atoms. The first-order valence-electron chi connectivity index (χ1n) is 3.87. The highest BCUT2D eigenvalue weighted by Gasteiger charge is 2.07. The second-order valence-corrected chi connectivity index (χ2v) is 5.18. The zero-order valence-electron chi connectivity index (χ0n) is 6.55. The van der Waals surface area contributed by atoms with Gasteiger partial charge < -0.3 is 0 Å². The van der Waals surface area contributed by atoms with Gasteiger partial charge in [-0.25, -0.2) is 0 Å². The van der Waals surface area contributed by atoms with E-state index in [4.69, 9.17) is 0 Å². The van der Waals surface area contributed by atoms with Crippen LogP contribution in [0, 0.1) is 0 Å². The largest absolute Gasteiger partial charge is 0.136 e. The normalized spacial score (nSPS) is 16.1. The Morgan fingerprint density at radius 3 is 3.18 bits per heavy atom. The molecule has 2 heteroatoms. The summed E-state index contributed by atoms with van der Waals surface area (Å²) in [5.41, 5.74) is 1.57. The summed E-state index contributed by atoms with van der Waals surface area (Å²) in [6, 6.07) is 2.38. The lowest BCUT2D eigenvalue weighted by atomic mass is 10.1. The van der Waals surface area contributed by atoms with Crippen LogP contribution in [-0.2, 0) is 6.42 Å². The smallest absolute Gasteiger partial charge is 0.0305 e. The molecule has 0 aromatic carbocycles. The molecule has 0 radical (unpaired) electrons. The molecule has 0 amide bonds. The molecule has 0 fully saturated rings. The van der Waals surface area contributed by atoms with Crippen LogP contribution in [0.1, 0.15) is 16.9 Å². The van der Waals surface area contributed by atoms with Crippen molar-refractivity contribution in [1.82, 2.24) is 0 Å². The molecule has 0 saturated carbocycles. The van der Waals surface area contributed by atoms with Crippen LogP contribution in [-0.4, -0.2) is 6.66 Å². The predicted molar refractivity (Wildman–Crippen MR) is 55.5 cm³/mol. The molecule has 0 aliphatic heterocycles. The summed E-state index contributed by atoms with van der Waals surface area (Å²) in [6.45, 7) is 2.25. The van der Waals surface area contributed by atoms with E-state index in [1.807, 2.05) is 11.3 Å². The van der Waals surface area contributed by atoms with Gasteiger partial charge >= 0.3 is 0 Å². The van der Waals surface area contributed by atoms with Crippen LogP contribution in [0.25, 0.3) is 6.08 Å². The first-order chi connectivity index (χ1) is 5.40. The molecule has 0 bridgehead atoms. The Hall–Kier alpha value is -0.130. The molecule has 2 rings (SSSR count). The molecule has 1 aliphatic rings. The van der Waals surface area contributed by atoms with Gasteiger partial charge in [-0.2, -0.15) is 0 Å². The lowest BCUT2D eigenvalue weighted by molar-refractivity contribution is 0.997. The maximum Gasteiger partial charge on any atom is 0.0305 e. The van der Waals surface area contributed by atoms with Gasteiger partial charge in [0.15, 0.2) is 0 Å². The van der Waals surface area contributed by atoms with Crippen LogP contribution in [0.15, 0.2) is 12.1 Å². The first kappa shape index (κ1) is 7.52. The third kappa shape index (κ3) is 1.40. The van der Waals surface area contributed by atoms with Crippen molar-refractivity contribution >= 4 is 30.6 Å². The maximum absolute atomic E-state index is 2.38. The van der Waals surface area contributed by atoms with Crippen LogP contribution in [0.2, 0.25) is 0 Å². The lowest BCUT2D eigenvalue weighted by Crippen LogP contribution is -1.87. The van der Waals surface area contributed by atoms with Crippen LogP contribution in [0.4, 0.5) is 0 Å². The molecule has 0 nitrogen and oxygen atoms in total. The SMILES string of the molecule is CPc1cc2c(s1)C=CCC2. The summed E-state index contributed by atoms with van der Waals surface area (Å²) in [6.07, 6.45) is 7.04. The fraction of sp³-hybridized carbons (Fsp3) is 0.333. The highest BCUT2D eigenvalue weighted by atomic mass is 32.1. The molecule has 1 unspecified atom stereocenters. The van der Waals surface area contributed by atoms with Crippen molar-refractivity contribution in [3.8, 4) is 0 Å². The molecule has 1 aliphatic carbocycles. The second kappa shape index (κ2) is 3.08. The molecule has 1 aromatic heterocycles. The number of thiophene rings is 1. The summed E-state index contributed by atoms with van der Waals surface area (Å²) in [5.74, 6) is 0. The molecule has 58 valence electrons. The summed E-state index contributed by atoms with van der Waals surface area (Å²) in [7, 11) is 0.966. The maximum atomic E-state index is 2.38. The fourth-order valence-electron chi connectivity index (χ4n) is 1.33. The molecule has 0 N–H and O–H groups in total. The molecular weight excluding hydrogens is 171 g/mol. The standard InChI is InChI=1S/C9H11PS/c1-10-9-6-7-4-2-3-5-8(7)11-9/h3,5-6,10H,2,4H2,1H3. The van der Waals surface area contributed by atoms with E-state index in [9.17, 15) is 0 Å². The van der Waals surface area contributed by atoms with Crippen LogP contribution in [0.3, 0.4) is 0 Å². The van der Waals surface area contributed by atoms with Crippen LogP contribution in [0.5, 0.6) is 0 Å². The van der Waals surface area contributed by atoms with Gasteiger partial charge in [0, 0.05) is 9.50 Å². The van der Waals surface area contributed by atoms with Gasteiger partial charge in [-0.05, 0) is 37.2 Å². The average Bonchev–Trinajstić information content (AvgIpc) is 2.46. The number of fused-ring (bicyclic) bond motifs is 1.